The van der Waals surface area contributed by atoms with Crippen LogP contribution >= 0.6 is 0 Å². The first-order valence-corrected chi connectivity index (χ1v) is 6.64. The van der Waals surface area contributed by atoms with Gasteiger partial charge in [-0.3, -0.25) is 0 Å². The van der Waals surface area contributed by atoms with E-state index in [4.69, 9.17) is 9.47 Å². The van der Waals surface area contributed by atoms with Gasteiger partial charge in [0.1, 0.15) is 0 Å². The molecular weight excluding hydrogens is 264 g/mol. The van der Waals surface area contributed by atoms with Crippen molar-refractivity contribution in [2.45, 2.75) is 0 Å². The van der Waals surface area contributed by atoms with Crippen LogP contribution < -0.4 is 0 Å². The molecule has 0 bridgehead atoms. The van der Waals surface area contributed by atoms with E-state index in [9.17, 15) is 5.11 Å². The van der Waals surface area contributed by atoms with Crippen molar-refractivity contribution in [3.63, 3.8) is 0 Å². The Morgan fingerprint density at radius 3 is 1.95 bits per heavy atom. The summed E-state index contributed by atoms with van der Waals surface area (Å²) >= 11 is 0. The summed E-state index contributed by atoms with van der Waals surface area (Å²) in [5, 5.41) is 10.3. The molecule has 0 radical (unpaired) electrons. The molecule has 1 N–H and O–H groups in total. The van der Waals surface area contributed by atoms with E-state index in [2.05, 4.69) is 0 Å². The lowest BCUT2D eigenvalue weighted by Gasteiger charge is -2.09. The predicted octanol–water partition coefficient (Wildman–Crippen LogP) is 4.25. The topological polar surface area (TPSA) is 38.7 Å². The third kappa shape index (κ3) is 4.82. The van der Waals surface area contributed by atoms with Crippen LogP contribution in [0.2, 0.25) is 0 Å². The Labute approximate surface area is 124 Å². The van der Waals surface area contributed by atoms with Crippen LogP contribution in [0, 0.1) is 0 Å². The smallest absolute Gasteiger partial charge is 0.188 e. The molecule has 0 saturated carbocycles. The second kappa shape index (κ2) is 7.92. The first kappa shape index (κ1) is 14.9. The van der Waals surface area contributed by atoms with Gasteiger partial charge in [-0.05, 0) is 23.3 Å². The minimum atomic E-state index is 0.0575. The SMILES string of the molecule is COCOC(=Cc1ccccc1)C(O)=Cc1ccccc1. The van der Waals surface area contributed by atoms with Crippen molar-refractivity contribution in [3.05, 3.63) is 83.3 Å². The Kier molecular flexibility index (Phi) is 5.61. The van der Waals surface area contributed by atoms with E-state index in [1.807, 2.05) is 60.7 Å². The molecule has 0 heterocycles. The Morgan fingerprint density at radius 1 is 0.905 bits per heavy atom. The second-order valence-corrected chi connectivity index (χ2v) is 4.41. The minimum Gasteiger partial charge on any atom is -0.504 e. The molecule has 0 amide bonds. The van der Waals surface area contributed by atoms with Gasteiger partial charge in [0.15, 0.2) is 18.3 Å². The van der Waals surface area contributed by atoms with Gasteiger partial charge in [-0.15, -0.1) is 0 Å². The lowest BCUT2D eigenvalue weighted by atomic mass is 10.1. The van der Waals surface area contributed by atoms with Crippen LogP contribution in [-0.4, -0.2) is 19.0 Å². The summed E-state index contributed by atoms with van der Waals surface area (Å²) in [6.07, 6.45) is 3.43. The van der Waals surface area contributed by atoms with Crippen LogP contribution in [0.25, 0.3) is 12.2 Å². The van der Waals surface area contributed by atoms with Gasteiger partial charge in [0.25, 0.3) is 0 Å². The fourth-order valence-electron chi connectivity index (χ4n) is 1.79. The highest BCUT2D eigenvalue weighted by atomic mass is 16.7. The molecule has 0 atom stereocenters. The summed E-state index contributed by atoms with van der Waals surface area (Å²) in [4.78, 5) is 0. The number of benzene rings is 2. The third-order valence-corrected chi connectivity index (χ3v) is 2.79. The van der Waals surface area contributed by atoms with Crippen molar-refractivity contribution < 1.29 is 14.6 Å². The molecular formula is C18H18O3. The molecule has 3 heteroatoms. The highest BCUT2D eigenvalue weighted by Crippen LogP contribution is 2.17. The molecule has 2 rings (SSSR count). The predicted molar refractivity (Wildman–Crippen MR) is 84.4 cm³/mol. The van der Waals surface area contributed by atoms with E-state index < -0.39 is 0 Å². The summed E-state index contributed by atoms with van der Waals surface area (Å²) in [5.74, 6) is 0.425. The van der Waals surface area contributed by atoms with E-state index in [0.29, 0.717) is 5.76 Å². The molecule has 0 aliphatic rings. The molecule has 0 aromatic heterocycles. The second-order valence-electron chi connectivity index (χ2n) is 4.41. The van der Waals surface area contributed by atoms with Crippen molar-refractivity contribution in [2.24, 2.45) is 0 Å². The maximum absolute atomic E-state index is 10.3. The number of aliphatic hydroxyl groups excluding tert-OH is 1. The van der Waals surface area contributed by atoms with Crippen molar-refractivity contribution in [1.29, 1.82) is 0 Å². The lowest BCUT2D eigenvalue weighted by Crippen LogP contribution is -1.99. The summed E-state index contributed by atoms with van der Waals surface area (Å²) in [6.45, 7) is 0.0748. The van der Waals surface area contributed by atoms with Gasteiger partial charge in [0.05, 0.1) is 0 Å². The van der Waals surface area contributed by atoms with Gasteiger partial charge in [-0.25, -0.2) is 0 Å². The van der Waals surface area contributed by atoms with E-state index >= 15 is 0 Å². The van der Waals surface area contributed by atoms with Gasteiger partial charge in [-0.1, -0.05) is 60.7 Å². The molecule has 21 heavy (non-hydrogen) atoms. The molecule has 0 aliphatic carbocycles. The number of hydrogen-bond donors (Lipinski definition) is 1. The zero-order chi connectivity index (χ0) is 14.9. The van der Waals surface area contributed by atoms with Gasteiger partial charge < -0.3 is 14.6 Å². The molecule has 0 aliphatic heterocycles. The Hall–Kier alpha value is -2.52. The Morgan fingerprint density at radius 2 is 1.43 bits per heavy atom. The molecule has 2 aromatic carbocycles. The molecule has 2 aromatic rings. The van der Waals surface area contributed by atoms with E-state index in [1.54, 1.807) is 12.2 Å². The number of methoxy groups -OCH3 is 1. The largest absolute Gasteiger partial charge is 0.504 e. The van der Waals surface area contributed by atoms with E-state index in [-0.39, 0.29) is 12.6 Å². The summed E-state index contributed by atoms with van der Waals surface area (Å²) < 4.78 is 10.4. The fourth-order valence-corrected chi connectivity index (χ4v) is 1.79. The molecule has 0 spiro atoms. The van der Waals surface area contributed by atoms with Crippen LogP contribution in [0.3, 0.4) is 0 Å². The van der Waals surface area contributed by atoms with Crippen LogP contribution in [-0.2, 0) is 9.47 Å². The summed E-state index contributed by atoms with van der Waals surface area (Å²) in [6, 6.07) is 19.2. The van der Waals surface area contributed by atoms with Crippen molar-refractivity contribution in [2.75, 3.05) is 13.9 Å². The maximum Gasteiger partial charge on any atom is 0.188 e. The molecule has 0 fully saturated rings. The highest BCUT2D eigenvalue weighted by molar-refractivity contribution is 5.62. The van der Waals surface area contributed by atoms with Gasteiger partial charge in [0.2, 0.25) is 0 Å². The zero-order valence-electron chi connectivity index (χ0n) is 11.9. The number of aliphatic hydroxyl groups is 1. The quantitative estimate of drug-likeness (QED) is 0.489. The first-order chi connectivity index (χ1) is 10.3. The number of hydrogen-bond acceptors (Lipinski definition) is 3. The van der Waals surface area contributed by atoms with Gasteiger partial charge in [0, 0.05) is 7.11 Å². The van der Waals surface area contributed by atoms with Crippen molar-refractivity contribution in [3.8, 4) is 0 Å². The van der Waals surface area contributed by atoms with Crippen LogP contribution in [0.1, 0.15) is 11.1 Å². The van der Waals surface area contributed by atoms with E-state index in [0.717, 1.165) is 11.1 Å². The Bertz CT molecular complexity index is 601. The van der Waals surface area contributed by atoms with E-state index in [1.165, 1.54) is 7.11 Å². The number of ether oxygens (including phenoxy) is 2. The average Bonchev–Trinajstić information content (AvgIpc) is 2.53. The monoisotopic (exact) mass is 282 g/mol. The number of rotatable bonds is 6. The first-order valence-electron chi connectivity index (χ1n) is 6.64. The van der Waals surface area contributed by atoms with Crippen LogP contribution in [0.15, 0.2) is 72.2 Å². The fraction of sp³-hybridized carbons (Fsp3) is 0.111. The van der Waals surface area contributed by atoms with Crippen molar-refractivity contribution >= 4 is 12.2 Å². The third-order valence-electron chi connectivity index (χ3n) is 2.79. The maximum atomic E-state index is 10.3. The molecule has 0 unspecified atom stereocenters. The normalized spacial score (nSPS) is 12.2. The molecule has 3 nitrogen and oxygen atoms in total. The van der Waals surface area contributed by atoms with Crippen LogP contribution in [0.5, 0.6) is 0 Å². The lowest BCUT2D eigenvalue weighted by molar-refractivity contribution is 0.00488. The summed E-state index contributed by atoms with van der Waals surface area (Å²) in [5.41, 5.74) is 1.84. The average molecular weight is 282 g/mol. The highest BCUT2D eigenvalue weighted by Gasteiger charge is 2.05. The van der Waals surface area contributed by atoms with Crippen molar-refractivity contribution in [1.82, 2.24) is 0 Å². The molecule has 108 valence electrons. The Balaban J connectivity index is 2.27. The van der Waals surface area contributed by atoms with Gasteiger partial charge >= 0.3 is 0 Å². The summed E-state index contributed by atoms with van der Waals surface area (Å²) in [7, 11) is 1.54. The standard InChI is InChI=1S/C18H18O3/c1-20-14-21-18(13-16-10-6-3-7-11-16)17(19)12-15-8-4-2-5-9-15/h2-13,19H,14H2,1H3. The molecule has 0 saturated heterocycles. The zero-order valence-corrected chi connectivity index (χ0v) is 11.9. The van der Waals surface area contributed by atoms with Gasteiger partial charge in [-0.2, -0.15) is 0 Å². The minimum absolute atomic E-state index is 0.0575. The van der Waals surface area contributed by atoms with Crippen LogP contribution in [0.4, 0.5) is 0 Å².